The summed E-state index contributed by atoms with van der Waals surface area (Å²) in [5.41, 5.74) is 2.82. The molecule has 3 aromatic rings. The lowest BCUT2D eigenvalue weighted by atomic mass is 10.1. The molecular formula is C32H37Cl2N3O4S. The zero-order valence-corrected chi connectivity index (χ0v) is 26.5. The van der Waals surface area contributed by atoms with Gasteiger partial charge in [0.05, 0.1) is 15.6 Å². The second kappa shape index (κ2) is 13.9. The Labute approximate surface area is 258 Å². The predicted molar refractivity (Wildman–Crippen MR) is 168 cm³/mol. The van der Waals surface area contributed by atoms with Crippen molar-refractivity contribution in [1.82, 2.24) is 10.2 Å². The molecule has 224 valence electrons. The number of aryl methyl sites for hydroxylation is 2. The first-order valence-electron chi connectivity index (χ1n) is 14.2. The molecule has 0 unspecified atom stereocenters. The fourth-order valence-electron chi connectivity index (χ4n) is 5.32. The molecule has 4 rings (SSSR count). The minimum absolute atomic E-state index is 0.00759. The van der Waals surface area contributed by atoms with Gasteiger partial charge in [-0.2, -0.15) is 0 Å². The maximum atomic E-state index is 14.3. The number of carbonyl (C=O) groups is 2. The van der Waals surface area contributed by atoms with Gasteiger partial charge in [0.15, 0.2) is 0 Å². The van der Waals surface area contributed by atoms with Crippen molar-refractivity contribution < 1.29 is 18.0 Å². The number of hydrogen-bond donors (Lipinski definition) is 1. The van der Waals surface area contributed by atoms with Crippen LogP contribution in [0.2, 0.25) is 10.0 Å². The Balaban J connectivity index is 1.75. The Morgan fingerprint density at radius 2 is 1.64 bits per heavy atom. The van der Waals surface area contributed by atoms with Crippen LogP contribution in [0.25, 0.3) is 0 Å². The molecule has 0 heterocycles. The lowest BCUT2D eigenvalue weighted by Gasteiger charge is -2.34. The first-order valence-corrected chi connectivity index (χ1v) is 16.4. The molecule has 1 atom stereocenters. The van der Waals surface area contributed by atoms with Gasteiger partial charge < -0.3 is 10.2 Å². The van der Waals surface area contributed by atoms with Crippen molar-refractivity contribution in [3.8, 4) is 0 Å². The third kappa shape index (κ3) is 7.65. The molecule has 0 aromatic heterocycles. The van der Waals surface area contributed by atoms with E-state index in [1.54, 1.807) is 18.2 Å². The second-order valence-electron chi connectivity index (χ2n) is 10.8. The highest BCUT2D eigenvalue weighted by Crippen LogP contribution is 2.33. The topological polar surface area (TPSA) is 86.8 Å². The Morgan fingerprint density at radius 3 is 2.29 bits per heavy atom. The van der Waals surface area contributed by atoms with E-state index in [1.807, 2.05) is 45.0 Å². The molecule has 0 aliphatic heterocycles. The van der Waals surface area contributed by atoms with Crippen molar-refractivity contribution in [1.29, 1.82) is 0 Å². The van der Waals surface area contributed by atoms with E-state index in [0.717, 1.165) is 46.7 Å². The monoisotopic (exact) mass is 629 g/mol. The molecule has 42 heavy (non-hydrogen) atoms. The SMILES string of the molecule is CC[C@H](C(=O)NC1CCCC1)N(Cc1cccc(C)c1)C(=O)CN(c1cc(Cl)ccc1Cl)S(=O)(=O)c1ccc(C)cc1. The van der Waals surface area contributed by atoms with Crippen LogP contribution in [-0.2, 0) is 26.2 Å². The summed E-state index contributed by atoms with van der Waals surface area (Å²) < 4.78 is 29.1. The van der Waals surface area contributed by atoms with Crippen LogP contribution in [0.5, 0.6) is 0 Å². The molecule has 7 nitrogen and oxygen atoms in total. The lowest BCUT2D eigenvalue weighted by Crippen LogP contribution is -2.53. The molecule has 3 aromatic carbocycles. The molecule has 1 fully saturated rings. The van der Waals surface area contributed by atoms with Crippen molar-refractivity contribution >= 4 is 50.7 Å². The molecule has 0 bridgehead atoms. The molecular weight excluding hydrogens is 593 g/mol. The summed E-state index contributed by atoms with van der Waals surface area (Å²) in [7, 11) is -4.25. The third-order valence-electron chi connectivity index (χ3n) is 7.59. The van der Waals surface area contributed by atoms with E-state index in [4.69, 9.17) is 23.2 Å². The van der Waals surface area contributed by atoms with E-state index in [0.29, 0.717) is 6.42 Å². The summed E-state index contributed by atoms with van der Waals surface area (Å²) in [6.07, 6.45) is 4.28. The summed E-state index contributed by atoms with van der Waals surface area (Å²) in [6, 6.07) is 17.8. The number of halogens is 2. The van der Waals surface area contributed by atoms with Gasteiger partial charge in [-0.25, -0.2) is 8.42 Å². The smallest absolute Gasteiger partial charge is 0.264 e. The summed E-state index contributed by atoms with van der Waals surface area (Å²) in [4.78, 5) is 29.3. The van der Waals surface area contributed by atoms with E-state index in [2.05, 4.69) is 5.32 Å². The van der Waals surface area contributed by atoms with Gasteiger partial charge in [0.25, 0.3) is 10.0 Å². The summed E-state index contributed by atoms with van der Waals surface area (Å²) in [6.45, 7) is 5.23. The van der Waals surface area contributed by atoms with Crippen molar-refractivity contribution in [2.24, 2.45) is 0 Å². The first kappa shape index (κ1) is 31.9. The van der Waals surface area contributed by atoms with Crippen LogP contribution < -0.4 is 9.62 Å². The highest BCUT2D eigenvalue weighted by atomic mass is 35.5. The Morgan fingerprint density at radius 1 is 0.952 bits per heavy atom. The van der Waals surface area contributed by atoms with Crippen molar-refractivity contribution in [2.75, 3.05) is 10.8 Å². The number of hydrogen-bond acceptors (Lipinski definition) is 4. The first-order chi connectivity index (χ1) is 20.0. The number of carbonyl (C=O) groups excluding carboxylic acids is 2. The molecule has 1 aliphatic rings. The number of nitrogens with zero attached hydrogens (tertiary/aromatic N) is 2. The Kier molecular flexibility index (Phi) is 10.6. The molecule has 0 saturated heterocycles. The van der Waals surface area contributed by atoms with Crippen LogP contribution >= 0.6 is 23.2 Å². The highest BCUT2D eigenvalue weighted by molar-refractivity contribution is 7.92. The zero-order chi connectivity index (χ0) is 30.4. The molecule has 1 N–H and O–H groups in total. The van der Waals surface area contributed by atoms with E-state index >= 15 is 0 Å². The van der Waals surface area contributed by atoms with Gasteiger partial charge in [-0.3, -0.25) is 13.9 Å². The van der Waals surface area contributed by atoms with Gasteiger partial charge in [-0.15, -0.1) is 0 Å². The predicted octanol–water partition coefficient (Wildman–Crippen LogP) is 6.67. The molecule has 0 spiro atoms. The Bertz CT molecular complexity index is 1520. The van der Waals surface area contributed by atoms with Gasteiger partial charge >= 0.3 is 0 Å². The van der Waals surface area contributed by atoms with Crippen LogP contribution in [0.1, 0.15) is 55.7 Å². The summed E-state index contributed by atoms with van der Waals surface area (Å²) in [5, 5.41) is 3.51. The number of sulfonamides is 1. The van der Waals surface area contributed by atoms with Crippen molar-refractivity contribution in [3.05, 3.63) is 93.5 Å². The molecule has 1 saturated carbocycles. The van der Waals surface area contributed by atoms with Crippen molar-refractivity contribution in [3.63, 3.8) is 0 Å². The van der Waals surface area contributed by atoms with E-state index in [9.17, 15) is 18.0 Å². The molecule has 10 heteroatoms. The van der Waals surface area contributed by atoms with Crippen molar-refractivity contribution in [2.45, 2.75) is 76.4 Å². The number of benzene rings is 3. The van der Waals surface area contributed by atoms with Gasteiger partial charge in [-0.05, 0) is 69.0 Å². The van der Waals surface area contributed by atoms with Gasteiger partial charge in [0.2, 0.25) is 11.8 Å². The minimum Gasteiger partial charge on any atom is -0.352 e. The number of rotatable bonds is 11. The van der Waals surface area contributed by atoms with Crippen LogP contribution in [-0.4, -0.2) is 43.8 Å². The highest BCUT2D eigenvalue weighted by Gasteiger charge is 2.35. The lowest BCUT2D eigenvalue weighted by molar-refractivity contribution is -0.140. The maximum Gasteiger partial charge on any atom is 0.264 e. The minimum atomic E-state index is -4.25. The molecule has 0 radical (unpaired) electrons. The standard InChI is InChI=1S/C32H37Cl2N3O4S/c1-4-29(32(39)35-26-10-5-6-11-26)36(20-24-9-7-8-23(3)18-24)31(38)21-37(30-19-25(33)14-17-28(30)34)42(40,41)27-15-12-22(2)13-16-27/h7-9,12-19,26,29H,4-6,10-11,20-21H2,1-3H3,(H,35,39)/t29-/m1/s1. The van der Waals surface area contributed by atoms with Crippen LogP contribution in [0.15, 0.2) is 71.6 Å². The van der Waals surface area contributed by atoms with Crippen LogP contribution in [0, 0.1) is 13.8 Å². The van der Waals surface area contributed by atoms with Gasteiger partial charge in [-0.1, -0.05) is 90.5 Å². The van der Waals surface area contributed by atoms with Crippen LogP contribution in [0.4, 0.5) is 5.69 Å². The van der Waals surface area contributed by atoms with E-state index in [-0.39, 0.29) is 39.1 Å². The third-order valence-corrected chi connectivity index (χ3v) is 9.92. The number of anilines is 1. The second-order valence-corrected chi connectivity index (χ2v) is 13.6. The maximum absolute atomic E-state index is 14.3. The number of amides is 2. The normalized spacial score (nSPS) is 14.4. The fourth-order valence-corrected chi connectivity index (χ4v) is 7.18. The largest absolute Gasteiger partial charge is 0.352 e. The summed E-state index contributed by atoms with van der Waals surface area (Å²) >= 11 is 12.8. The van der Waals surface area contributed by atoms with Gasteiger partial charge in [0.1, 0.15) is 12.6 Å². The molecule has 1 aliphatic carbocycles. The quantitative estimate of drug-likeness (QED) is 0.256. The number of nitrogens with one attached hydrogen (secondary N) is 1. The average Bonchev–Trinajstić information content (AvgIpc) is 3.46. The van der Waals surface area contributed by atoms with Gasteiger partial charge in [0, 0.05) is 17.6 Å². The zero-order valence-electron chi connectivity index (χ0n) is 24.1. The van der Waals surface area contributed by atoms with Crippen LogP contribution in [0.3, 0.4) is 0 Å². The summed E-state index contributed by atoms with van der Waals surface area (Å²) in [5.74, 6) is -0.768. The fraction of sp³-hybridized carbons (Fsp3) is 0.375. The molecule has 2 amide bonds. The van der Waals surface area contributed by atoms with E-state index < -0.39 is 28.5 Å². The Hall–Kier alpha value is -3.07. The van der Waals surface area contributed by atoms with E-state index in [1.165, 1.54) is 29.2 Å². The average molecular weight is 631 g/mol.